The third-order valence-corrected chi connectivity index (χ3v) is 3.78. The van der Waals surface area contributed by atoms with Gasteiger partial charge in [-0.3, -0.25) is 0 Å². The van der Waals surface area contributed by atoms with Crippen LogP contribution in [-0.2, 0) is 10.2 Å². The molecule has 100 valence electrons. The van der Waals surface area contributed by atoms with Gasteiger partial charge in [-0.25, -0.2) is 0 Å². The molecule has 1 heterocycles. The largest absolute Gasteiger partial charge is 0.496 e. The number of nitrogens with two attached hydrogens (primary N) is 1. The molecule has 1 saturated heterocycles. The summed E-state index contributed by atoms with van der Waals surface area (Å²) in [5, 5.41) is 0. The van der Waals surface area contributed by atoms with Crippen LogP contribution in [0.5, 0.6) is 5.75 Å². The van der Waals surface area contributed by atoms with E-state index < -0.39 is 0 Å². The summed E-state index contributed by atoms with van der Waals surface area (Å²) in [5.74, 6) is 0.951. The zero-order valence-corrected chi connectivity index (χ0v) is 11.7. The normalized spacial score (nSPS) is 19.2. The molecule has 3 nitrogen and oxygen atoms in total. The number of hydrogen-bond donors (Lipinski definition) is 1. The van der Waals surface area contributed by atoms with Crippen LogP contribution in [0.2, 0.25) is 0 Å². The molecule has 1 aliphatic heterocycles. The maximum Gasteiger partial charge on any atom is 0.122 e. The van der Waals surface area contributed by atoms with Crippen LogP contribution in [0.15, 0.2) is 12.1 Å². The van der Waals surface area contributed by atoms with Gasteiger partial charge in [-0.05, 0) is 49.9 Å². The Morgan fingerprint density at radius 2 is 2.00 bits per heavy atom. The SMILES string of the molecule is COc1cc(C)c(C2(CC(C)N)COC2)cc1C. The summed E-state index contributed by atoms with van der Waals surface area (Å²) in [5.41, 5.74) is 9.90. The number of rotatable bonds is 4. The zero-order valence-electron chi connectivity index (χ0n) is 11.7. The first-order chi connectivity index (χ1) is 8.48. The molecule has 1 aromatic rings. The fraction of sp³-hybridized carbons (Fsp3) is 0.600. The van der Waals surface area contributed by atoms with Gasteiger partial charge < -0.3 is 15.2 Å². The van der Waals surface area contributed by atoms with Crippen molar-refractivity contribution in [3.05, 3.63) is 28.8 Å². The molecule has 3 heteroatoms. The predicted octanol–water partition coefficient (Wildman–Crippen LogP) is 2.32. The third-order valence-electron chi connectivity index (χ3n) is 3.78. The molecule has 1 atom stereocenters. The lowest BCUT2D eigenvalue weighted by molar-refractivity contribution is -0.0668. The first kappa shape index (κ1) is 13.4. The molecule has 1 aliphatic rings. The highest BCUT2D eigenvalue weighted by Crippen LogP contribution is 2.40. The standard InChI is InChI=1S/C15H23NO2/c1-10-6-14(17-4)11(2)5-13(10)15(7-12(3)16)8-18-9-15/h5-6,12H,7-9,16H2,1-4H3. The van der Waals surface area contributed by atoms with Crippen molar-refractivity contribution in [2.24, 2.45) is 5.73 Å². The lowest BCUT2D eigenvalue weighted by atomic mass is 9.72. The van der Waals surface area contributed by atoms with E-state index in [4.69, 9.17) is 15.2 Å². The van der Waals surface area contributed by atoms with Crippen LogP contribution in [-0.4, -0.2) is 26.4 Å². The van der Waals surface area contributed by atoms with Crippen LogP contribution in [0.1, 0.15) is 30.0 Å². The second kappa shape index (κ2) is 4.90. The minimum absolute atomic E-state index is 0.106. The van der Waals surface area contributed by atoms with E-state index in [1.54, 1.807) is 7.11 Å². The Morgan fingerprint density at radius 3 is 2.44 bits per heavy atom. The fourth-order valence-electron chi connectivity index (χ4n) is 2.93. The third kappa shape index (κ3) is 2.25. The Balaban J connectivity index is 2.40. The van der Waals surface area contributed by atoms with E-state index in [0.29, 0.717) is 0 Å². The predicted molar refractivity (Wildman–Crippen MR) is 73.2 cm³/mol. The Hall–Kier alpha value is -1.06. The van der Waals surface area contributed by atoms with Gasteiger partial charge >= 0.3 is 0 Å². The van der Waals surface area contributed by atoms with Gasteiger partial charge in [0.15, 0.2) is 0 Å². The lowest BCUT2D eigenvalue weighted by Gasteiger charge is -2.44. The Kier molecular flexibility index (Phi) is 3.64. The minimum atomic E-state index is 0.106. The van der Waals surface area contributed by atoms with Gasteiger partial charge in [0.2, 0.25) is 0 Å². The molecule has 0 aliphatic carbocycles. The second-order valence-electron chi connectivity index (χ2n) is 5.59. The van der Waals surface area contributed by atoms with Crippen LogP contribution in [0.4, 0.5) is 0 Å². The highest BCUT2D eigenvalue weighted by atomic mass is 16.5. The molecule has 2 N–H and O–H groups in total. The van der Waals surface area contributed by atoms with Gasteiger partial charge in [0.25, 0.3) is 0 Å². The molecule has 1 unspecified atom stereocenters. The van der Waals surface area contributed by atoms with Crippen LogP contribution in [0.3, 0.4) is 0 Å². The van der Waals surface area contributed by atoms with Gasteiger partial charge in [-0.15, -0.1) is 0 Å². The molecule has 1 fully saturated rings. The molecule has 18 heavy (non-hydrogen) atoms. The highest BCUT2D eigenvalue weighted by molar-refractivity contribution is 5.46. The average molecular weight is 249 g/mol. The van der Waals surface area contributed by atoms with E-state index in [2.05, 4.69) is 32.9 Å². The number of methoxy groups -OCH3 is 1. The van der Waals surface area contributed by atoms with E-state index in [-0.39, 0.29) is 11.5 Å². The lowest BCUT2D eigenvalue weighted by Crippen LogP contribution is -2.50. The number of hydrogen-bond acceptors (Lipinski definition) is 3. The van der Waals surface area contributed by atoms with E-state index in [1.165, 1.54) is 16.7 Å². The zero-order chi connectivity index (χ0) is 13.3. The van der Waals surface area contributed by atoms with Crippen molar-refractivity contribution < 1.29 is 9.47 Å². The molecule has 0 spiro atoms. The molecule has 0 bridgehead atoms. The first-order valence-electron chi connectivity index (χ1n) is 6.47. The molecule has 0 amide bonds. The van der Waals surface area contributed by atoms with Crippen molar-refractivity contribution >= 4 is 0 Å². The molecule has 1 aromatic carbocycles. The molecule has 2 rings (SSSR count). The van der Waals surface area contributed by atoms with Crippen molar-refractivity contribution in [1.82, 2.24) is 0 Å². The van der Waals surface area contributed by atoms with Crippen molar-refractivity contribution in [1.29, 1.82) is 0 Å². The van der Waals surface area contributed by atoms with E-state index in [0.717, 1.165) is 25.4 Å². The number of aryl methyl sites for hydroxylation is 2. The second-order valence-corrected chi connectivity index (χ2v) is 5.59. The summed E-state index contributed by atoms with van der Waals surface area (Å²) in [6.07, 6.45) is 0.972. The monoisotopic (exact) mass is 249 g/mol. The quantitative estimate of drug-likeness (QED) is 0.890. The topological polar surface area (TPSA) is 44.5 Å². The maximum atomic E-state index is 5.99. The van der Waals surface area contributed by atoms with Gasteiger partial charge in [0.05, 0.1) is 20.3 Å². The Morgan fingerprint density at radius 1 is 1.33 bits per heavy atom. The van der Waals surface area contributed by atoms with Crippen molar-refractivity contribution in [3.8, 4) is 5.75 Å². The summed E-state index contributed by atoms with van der Waals surface area (Å²) in [7, 11) is 1.71. The van der Waals surface area contributed by atoms with Crippen molar-refractivity contribution in [2.75, 3.05) is 20.3 Å². The van der Waals surface area contributed by atoms with Crippen molar-refractivity contribution in [3.63, 3.8) is 0 Å². The van der Waals surface area contributed by atoms with E-state index in [1.807, 2.05) is 0 Å². The van der Waals surface area contributed by atoms with Crippen LogP contribution in [0.25, 0.3) is 0 Å². The van der Waals surface area contributed by atoms with Crippen LogP contribution in [0, 0.1) is 13.8 Å². The maximum absolute atomic E-state index is 5.99. The van der Waals surface area contributed by atoms with E-state index >= 15 is 0 Å². The first-order valence-corrected chi connectivity index (χ1v) is 6.47. The van der Waals surface area contributed by atoms with Crippen LogP contribution >= 0.6 is 0 Å². The summed E-state index contributed by atoms with van der Waals surface area (Å²) in [6, 6.07) is 4.54. The summed E-state index contributed by atoms with van der Waals surface area (Å²) < 4.78 is 10.8. The average Bonchev–Trinajstić information content (AvgIpc) is 2.26. The van der Waals surface area contributed by atoms with Gasteiger partial charge in [-0.2, -0.15) is 0 Å². The number of benzene rings is 1. The van der Waals surface area contributed by atoms with Gasteiger partial charge in [-0.1, -0.05) is 6.07 Å². The molecule has 0 radical (unpaired) electrons. The number of ether oxygens (including phenoxy) is 2. The van der Waals surface area contributed by atoms with Crippen LogP contribution < -0.4 is 10.5 Å². The van der Waals surface area contributed by atoms with Gasteiger partial charge in [0, 0.05) is 11.5 Å². The highest BCUT2D eigenvalue weighted by Gasteiger charge is 2.42. The summed E-state index contributed by atoms with van der Waals surface area (Å²) >= 11 is 0. The summed E-state index contributed by atoms with van der Waals surface area (Å²) in [4.78, 5) is 0. The molecule has 0 saturated carbocycles. The smallest absolute Gasteiger partial charge is 0.122 e. The Bertz CT molecular complexity index is 436. The van der Waals surface area contributed by atoms with Gasteiger partial charge in [0.1, 0.15) is 5.75 Å². The molecule has 0 aromatic heterocycles. The minimum Gasteiger partial charge on any atom is -0.496 e. The van der Waals surface area contributed by atoms with Crippen molar-refractivity contribution in [2.45, 2.75) is 38.6 Å². The molecular formula is C15H23NO2. The van der Waals surface area contributed by atoms with E-state index in [9.17, 15) is 0 Å². The fourth-order valence-corrected chi connectivity index (χ4v) is 2.93. The summed E-state index contributed by atoms with van der Waals surface area (Å²) in [6.45, 7) is 7.84. The molecular weight excluding hydrogens is 226 g/mol. The Labute approximate surface area is 109 Å².